The molecule has 1 aromatic heterocycles. The Morgan fingerprint density at radius 3 is 2.48 bits per heavy atom. The van der Waals surface area contributed by atoms with Gasteiger partial charge in [0.1, 0.15) is 5.82 Å². The number of benzene rings is 2. The lowest BCUT2D eigenvalue weighted by Crippen LogP contribution is -2.30. The molecule has 0 fully saturated rings. The summed E-state index contributed by atoms with van der Waals surface area (Å²) in [7, 11) is -3.77. The van der Waals surface area contributed by atoms with Gasteiger partial charge in [-0.15, -0.1) is 0 Å². The third-order valence-corrected chi connectivity index (χ3v) is 6.77. The van der Waals surface area contributed by atoms with E-state index in [1.165, 1.54) is 46.8 Å². The number of ether oxygens (including phenoxy) is 1. The number of rotatable bonds is 8. The summed E-state index contributed by atoms with van der Waals surface area (Å²) in [6.45, 7) is 3.66. The smallest absolute Gasteiger partial charge is 0.340 e. The van der Waals surface area contributed by atoms with E-state index in [0.29, 0.717) is 5.56 Å². The first-order valence-corrected chi connectivity index (χ1v) is 11.1. The summed E-state index contributed by atoms with van der Waals surface area (Å²) < 4.78 is 49.9. The van der Waals surface area contributed by atoms with Crippen LogP contribution in [0.4, 0.5) is 4.39 Å². The zero-order valence-electron chi connectivity index (χ0n) is 16.7. The molecule has 0 aliphatic rings. The lowest BCUT2D eigenvalue weighted by molar-refractivity contribution is 0.0429. The number of hydrogen-bond acceptors (Lipinski definition) is 7. The second-order valence-corrected chi connectivity index (χ2v) is 8.67. The molecule has 0 N–H and O–H groups in total. The van der Waals surface area contributed by atoms with E-state index in [9.17, 15) is 17.6 Å². The van der Waals surface area contributed by atoms with Gasteiger partial charge in [0.05, 0.1) is 15.5 Å². The molecule has 8 nitrogen and oxygen atoms in total. The molecule has 3 aromatic rings. The van der Waals surface area contributed by atoms with Crippen LogP contribution >= 0.6 is 11.6 Å². The molecule has 0 unspecified atom stereocenters. The molecule has 164 valence electrons. The van der Waals surface area contributed by atoms with Crippen molar-refractivity contribution in [1.82, 2.24) is 14.4 Å². The topological polar surface area (TPSA) is 103 Å². The SMILES string of the molecule is CCN(CC)S(=O)(=O)c1ccc(Cl)c(C(=O)OCc2nc(-c3ccc(F)cc3)no2)c1. The van der Waals surface area contributed by atoms with Crippen LogP contribution in [0.1, 0.15) is 30.1 Å². The Balaban J connectivity index is 1.75. The summed E-state index contributed by atoms with van der Waals surface area (Å²) in [6, 6.07) is 9.32. The minimum Gasteiger partial charge on any atom is -0.452 e. The highest BCUT2D eigenvalue weighted by atomic mass is 35.5. The molecule has 0 amide bonds. The number of sulfonamides is 1. The molecular formula is C20H19ClFN3O5S. The maximum atomic E-state index is 13.0. The Kier molecular flexibility index (Phi) is 7.04. The zero-order valence-corrected chi connectivity index (χ0v) is 18.3. The van der Waals surface area contributed by atoms with E-state index in [0.717, 1.165) is 0 Å². The van der Waals surface area contributed by atoms with Gasteiger partial charge in [0, 0.05) is 18.7 Å². The van der Waals surface area contributed by atoms with E-state index < -0.39 is 21.8 Å². The monoisotopic (exact) mass is 467 g/mol. The zero-order chi connectivity index (χ0) is 22.6. The Hall–Kier alpha value is -2.82. The number of carbonyl (C=O) groups is 1. The number of hydrogen-bond donors (Lipinski definition) is 0. The van der Waals surface area contributed by atoms with Gasteiger partial charge in [-0.05, 0) is 42.5 Å². The van der Waals surface area contributed by atoms with Gasteiger partial charge in [-0.2, -0.15) is 9.29 Å². The molecule has 3 rings (SSSR count). The highest BCUT2D eigenvalue weighted by molar-refractivity contribution is 7.89. The van der Waals surface area contributed by atoms with Crippen molar-refractivity contribution >= 4 is 27.6 Å². The molecule has 0 spiro atoms. The van der Waals surface area contributed by atoms with Gasteiger partial charge in [0.25, 0.3) is 5.89 Å². The van der Waals surface area contributed by atoms with Gasteiger partial charge in [-0.3, -0.25) is 0 Å². The van der Waals surface area contributed by atoms with Crippen LogP contribution in [0, 0.1) is 5.82 Å². The second kappa shape index (κ2) is 9.54. The molecule has 0 aliphatic carbocycles. The Bertz CT molecular complexity index is 1180. The van der Waals surface area contributed by atoms with Crippen molar-refractivity contribution in [3.05, 3.63) is 64.8 Å². The number of halogens is 2. The average Bonchev–Trinajstić information content (AvgIpc) is 3.22. The largest absolute Gasteiger partial charge is 0.452 e. The molecule has 0 aliphatic heterocycles. The summed E-state index contributed by atoms with van der Waals surface area (Å²) in [4.78, 5) is 16.5. The van der Waals surface area contributed by atoms with Crippen LogP contribution in [-0.2, 0) is 21.4 Å². The summed E-state index contributed by atoms with van der Waals surface area (Å²) in [5.74, 6) is -1.03. The highest BCUT2D eigenvalue weighted by Crippen LogP contribution is 2.24. The van der Waals surface area contributed by atoms with Crippen molar-refractivity contribution in [1.29, 1.82) is 0 Å². The summed E-state index contributed by atoms with van der Waals surface area (Å²) in [5.41, 5.74) is 0.424. The summed E-state index contributed by atoms with van der Waals surface area (Å²) in [5, 5.41) is 3.80. The number of aromatic nitrogens is 2. The summed E-state index contributed by atoms with van der Waals surface area (Å²) in [6.07, 6.45) is 0. The van der Waals surface area contributed by atoms with Crippen molar-refractivity contribution in [2.45, 2.75) is 25.3 Å². The van der Waals surface area contributed by atoms with Crippen LogP contribution in [0.5, 0.6) is 0 Å². The molecule has 0 saturated heterocycles. The van der Waals surface area contributed by atoms with Crippen LogP contribution in [0.3, 0.4) is 0 Å². The van der Waals surface area contributed by atoms with Gasteiger partial charge in [-0.1, -0.05) is 30.6 Å². The fraction of sp³-hybridized carbons (Fsp3) is 0.250. The maximum absolute atomic E-state index is 13.0. The highest BCUT2D eigenvalue weighted by Gasteiger charge is 2.24. The van der Waals surface area contributed by atoms with E-state index >= 15 is 0 Å². The first kappa shape index (κ1) is 22.9. The maximum Gasteiger partial charge on any atom is 0.340 e. The molecule has 1 heterocycles. The first-order valence-electron chi connectivity index (χ1n) is 9.31. The van der Waals surface area contributed by atoms with E-state index in [1.54, 1.807) is 13.8 Å². The standard InChI is InChI=1S/C20H19ClFN3O5S/c1-3-25(4-2)31(27,28)15-9-10-17(21)16(11-15)20(26)29-12-18-23-19(24-30-18)13-5-7-14(22)8-6-13/h5-11H,3-4,12H2,1-2H3. The van der Waals surface area contributed by atoms with Crippen LogP contribution in [0.15, 0.2) is 51.9 Å². The van der Waals surface area contributed by atoms with Gasteiger partial charge >= 0.3 is 5.97 Å². The molecule has 0 atom stereocenters. The van der Waals surface area contributed by atoms with Crippen LogP contribution in [0.25, 0.3) is 11.4 Å². The first-order chi connectivity index (χ1) is 14.8. The van der Waals surface area contributed by atoms with Crippen LogP contribution in [-0.4, -0.2) is 41.9 Å². The van der Waals surface area contributed by atoms with Gasteiger partial charge < -0.3 is 9.26 Å². The van der Waals surface area contributed by atoms with Crippen molar-refractivity contribution in [3.63, 3.8) is 0 Å². The third-order valence-electron chi connectivity index (χ3n) is 4.40. The molecule has 0 bridgehead atoms. The fourth-order valence-electron chi connectivity index (χ4n) is 2.77. The van der Waals surface area contributed by atoms with E-state index in [-0.39, 0.29) is 46.9 Å². The predicted molar refractivity (Wildman–Crippen MR) is 110 cm³/mol. The fourth-order valence-corrected chi connectivity index (χ4v) is 4.45. The minimum absolute atomic E-state index is 0.00992. The molecular weight excluding hydrogens is 449 g/mol. The van der Waals surface area contributed by atoms with Crippen molar-refractivity contribution < 1.29 is 26.9 Å². The Morgan fingerprint density at radius 2 is 1.84 bits per heavy atom. The quantitative estimate of drug-likeness (QED) is 0.462. The normalized spacial score (nSPS) is 11.6. The van der Waals surface area contributed by atoms with Crippen molar-refractivity contribution in [2.75, 3.05) is 13.1 Å². The van der Waals surface area contributed by atoms with Gasteiger partial charge in [0.2, 0.25) is 15.8 Å². The van der Waals surface area contributed by atoms with E-state index in [1.807, 2.05) is 0 Å². The summed E-state index contributed by atoms with van der Waals surface area (Å²) >= 11 is 6.08. The lowest BCUT2D eigenvalue weighted by atomic mass is 10.2. The van der Waals surface area contributed by atoms with Crippen LogP contribution in [0.2, 0.25) is 5.02 Å². The van der Waals surface area contributed by atoms with Crippen molar-refractivity contribution in [2.24, 2.45) is 0 Å². The number of carbonyl (C=O) groups excluding carboxylic acids is 1. The average molecular weight is 468 g/mol. The number of esters is 1. The predicted octanol–water partition coefficient (Wildman–Crippen LogP) is 3.92. The minimum atomic E-state index is -3.77. The number of nitrogens with zero attached hydrogens (tertiary/aromatic N) is 3. The molecule has 0 radical (unpaired) electrons. The van der Waals surface area contributed by atoms with Crippen molar-refractivity contribution in [3.8, 4) is 11.4 Å². The Labute approximate surface area is 183 Å². The Morgan fingerprint density at radius 1 is 1.16 bits per heavy atom. The molecule has 0 saturated carbocycles. The van der Waals surface area contributed by atoms with E-state index in [4.69, 9.17) is 20.9 Å². The van der Waals surface area contributed by atoms with Gasteiger partial charge in [-0.25, -0.2) is 17.6 Å². The van der Waals surface area contributed by atoms with Crippen LogP contribution < -0.4 is 0 Å². The molecule has 2 aromatic carbocycles. The lowest BCUT2D eigenvalue weighted by Gasteiger charge is -2.18. The third kappa shape index (κ3) is 5.09. The molecule has 11 heteroatoms. The second-order valence-electron chi connectivity index (χ2n) is 6.33. The van der Waals surface area contributed by atoms with Gasteiger partial charge in [0.15, 0.2) is 6.61 Å². The van der Waals surface area contributed by atoms with E-state index in [2.05, 4.69) is 10.1 Å². The molecule has 31 heavy (non-hydrogen) atoms.